The van der Waals surface area contributed by atoms with Gasteiger partial charge in [-0.25, -0.2) is 0 Å². The van der Waals surface area contributed by atoms with Gasteiger partial charge in [-0.1, -0.05) is 29.8 Å². The third-order valence-electron chi connectivity index (χ3n) is 5.46. The van der Waals surface area contributed by atoms with Crippen LogP contribution in [0.3, 0.4) is 0 Å². The molecule has 0 radical (unpaired) electrons. The molecule has 1 aliphatic heterocycles. The first-order valence-corrected chi connectivity index (χ1v) is 9.41. The molecule has 0 unspecified atom stereocenters. The summed E-state index contributed by atoms with van der Waals surface area (Å²) in [6.07, 6.45) is 2.25. The summed E-state index contributed by atoms with van der Waals surface area (Å²) < 4.78 is 0. The highest BCUT2D eigenvalue weighted by Crippen LogP contribution is 2.23. The summed E-state index contributed by atoms with van der Waals surface area (Å²) in [4.78, 5) is 16.7. The Balaban J connectivity index is 1.49. The highest BCUT2D eigenvalue weighted by atomic mass is 16.3. The molecular formula is C20H31N3O2. The summed E-state index contributed by atoms with van der Waals surface area (Å²) >= 11 is 0. The summed E-state index contributed by atoms with van der Waals surface area (Å²) in [6, 6.07) is 8.46. The second kappa shape index (κ2) is 7.44. The van der Waals surface area contributed by atoms with Crippen LogP contribution in [0.15, 0.2) is 24.3 Å². The third kappa shape index (κ3) is 4.81. The van der Waals surface area contributed by atoms with Crippen LogP contribution in [0.5, 0.6) is 0 Å². The molecule has 5 heteroatoms. The lowest BCUT2D eigenvalue weighted by atomic mass is 9.94. The van der Waals surface area contributed by atoms with Crippen molar-refractivity contribution in [1.82, 2.24) is 15.1 Å². The van der Waals surface area contributed by atoms with Gasteiger partial charge in [0, 0.05) is 38.8 Å². The molecule has 1 saturated carbocycles. The zero-order valence-electron chi connectivity index (χ0n) is 15.7. The van der Waals surface area contributed by atoms with Crippen molar-refractivity contribution in [3.05, 3.63) is 35.4 Å². The van der Waals surface area contributed by atoms with E-state index in [1.165, 1.54) is 5.56 Å². The van der Waals surface area contributed by atoms with E-state index >= 15 is 0 Å². The number of amides is 1. The molecule has 1 aliphatic carbocycles. The number of nitrogens with one attached hydrogen (secondary N) is 1. The molecule has 0 bridgehead atoms. The molecule has 5 nitrogen and oxygen atoms in total. The molecule has 0 aromatic heterocycles. The van der Waals surface area contributed by atoms with Crippen molar-refractivity contribution in [3.8, 4) is 0 Å². The number of hydrogen-bond donors (Lipinski definition) is 2. The molecule has 138 valence electrons. The maximum absolute atomic E-state index is 12.2. The number of nitrogens with zero attached hydrogens (tertiary/aromatic N) is 2. The molecule has 3 rings (SSSR count). The van der Waals surface area contributed by atoms with Crippen molar-refractivity contribution in [3.63, 3.8) is 0 Å². The number of hydrogen-bond acceptors (Lipinski definition) is 4. The van der Waals surface area contributed by atoms with Crippen molar-refractivity contribution < 1.29 is 9.90 Å². The molecule has 2 fully saturated rings. The van der Waals surface area contributed by atoms with E-state index in [0.29, 0.717) is 12.6 Å². The number of carbonyl (C=O) groups is 1. The van der Waals surface area contributed by atoms with Gasteiger partial charge in [-0.15, -0.1) is 0 Å². The largest absolute Gasteiger partial charge is 0.384 e. The normalized spacial score (nSPS) is 23.0. The Labute approximate surface area is 151 Å². The highest BCUT2D eigenvalue weighted by Gasteiger charge is 2.32. The van der Waals surface area contributed by atoms with Crippen LogP contribution in [-0.2, 0) is 10.4 Å². The Hall–Kier alpha value is -1.43. The fraction of sp³-hybridized carbons (Fsp3) is 0.650. The van der Waals surface area contributed by atoms with E-state index in [4.69, 9.17) is 0 Å². The maximum Gasteiger partial charge on any atom is 0.237 e. The van der Waals surface area contributed by atoms with E-state index in [-0.39, 0.29) is 11.9 Å². The van der Waals surface area contributed by atoms with Gasteiger partial charge in [0.2, 0.25) is 5.91 Å². The zero-order valence-corrected chi connectivity index (χ0v) is 15.7. The van der Waals surface area contributed by atoms with Crippen molar-refractivity contribution in [2.24, 2.45) is 0 Å². The second-order valence-corrected chi connectivity index (χ2v) is 7.91. The van der Waals surface area contributed by atoms with E-state index in [1.807, 2.05) is 38.1 Å². The lowest BCUT2D eigenvalue weighted by molar-refractivity contribution is -0.127. The molecular weight excluding hydrogens is 314 g/mol. The first-order chi connectivity index (χ1) is 11.8. The Bertz CT molecular complexity index is 587. The monoisotopic (exact) mass is 345 g/mol. The summed E-state index contributed by atoms with van der Waals surface area (Å²) in [5, 5.41) is 14.0. The van der Waals surface area contributed by atoms with Crippen LogP contribution < -0.4 is 5.32 Å². The lowest BCUT2D eigenvalue weighted by Gasteiger charge is -2.40. The van der Waals surface area contributed by atoms with Gasteiger partial charge in [-0.05, 0) is 39.2 Å². The first-order valence-electron chi connectivity index (χ1n) is 9.41. The fourth-order valence-corrected chi connectivity index (χ4v) is 3.46. The third-order valence-corrected chi connectivity index (χ3v) is 5.46. The van der Waals surface area contributed by atoms with Gasteiger partial charge in [-0.3, -0.25) is 14.6 Å². The number of piperazine rings is 1. The first kappa shape index (κ1) is 18.4. The Morgan fingerprint density at radius 1 is 1.24 bits per heavy atom. The zero-order chi connectivity index (χ0) is 18.0. The molecule has 2 N–H and O–H groups in total. The average molecular weight is 345 g/mol. The number of carbonyl (C=O) groups excluding carboxylic acids is 1. The topological polar surface area (TPSA) is 55.8 Å². The molecule has 1 amide bonds. The molecule has 2 aliphatic rings. The van der Waals surface area contributed by atoms with Gasteiger partial charge in [0.1, 0.15) is 0 Å². The van der Waals surface area contributed by atoms with Gasteiger partial charge in [-0.2, -0.15) is 0 Å². The van der Waals surface area contributed by atoms with E-state index in [0.717, 1.165) is 44.6 Å². The molecule has 0 spiro atoms. The summed E-state index contributed by atoms with van der Waals surface area (Å²) in [6.45, 7) is 10.0. The predicted octanol–water partition coefficient (Wildman–Crippen LogP) is 1.49. The fourth-order valence-electron chi connectivity index (χ4n) is 3.46. The summed E-state index contributed by atoms with van der Waals surface area (Å²) in [5.41, 5.74) is 1.30. The molecule has 2 atom stereocenters. The van der Waals surface area contributed by atoms with Crippen LogP contribution >= 0.6 is 0 Å². The van der Waals surface area contributed by atoms with Crippen molar-refractivity contribution in [1.29, 1.82) is 0 Å². The van der Waals surface area contributed by atoms with E-state index in [2.05, 4.69) is 22.0 Å². The SMILES string of the molecule is Cc1ccc([C@@](C)(O)CN2CCN([C@@H](C)C(=O)NC3CC3)CC2)cc1. The minimum Gasteiger partial charge on any atom is -0.384 e. The maximum atomic E-state index is 12.2. The Morgan fingerprint density at radius 2 is 1.84 bits per heavy atom. The lowest BCUT2D eigenvalue weighted by Crippen LogP contribution is -2.55. The van der Waals surface area contributed by atoms with Crippen LogP contribution in [0.1, 0.15) is 37.8 Å². The standard InChI is InChI=1S/C20H31N3O2/c1-15-4-6-17(7-5-15)20(3,25)14-22-10-12-23(13-11-22)16(2)19(24)21-18-8-9-18/h4-7,16,18,25H,8-14H2,1-3H3,(H,21,24)/t16-,20-/m0/s1. The van der Waals surface area contributed by atoms with Gasteiger partial charge in [0.25, 0.3) is 0 Å². The second-order valence-electron chi connectivity index (χ2n) is 7.91. The predicted molar refractivity (Wildman–Crippen MR) is 99.4 cm³/mol. The van der Waals surface area contributed by atoms with Crippen LogP contribution in [0.25, 0.3) is 0 Å². The Morgan fingerprint density at radius 3 is 2.40 bits per heavy atom. The molecule has 25 heavy (non-hydrogen) atoms. The number of benzene rings is 1. The van der Waals surface area contributed by atoms with Crippen LogP contribution in [-0.4, -0.2) is 65.6 Å². The van der Waals surface area contributed by atoms with Crippen LogP contribution in [0.2, 0.25) is 0 Å². The van der Waals surface area contributed by atoms with E-state index in [9.17, 15) is 9.90 Å². The number of aryl methyl sites for hydroxylation is 1. The molecule has 1 heterocycles. The van der Waals surface area contributed by atoms with Gasteiger partial charge in [0.05, 0.1) is 11.6 Å². The van der Waals surface area contributed by atoms with Gasteiger partial charge >= 0.3 is 0 Å². The van der Waals surface area contributed by atoms with Crippen LogP contribution in [0.4, 0.5) is 0 Å². The quantitative estimate of drug-likeness (QED) is 0.820. The molecule has 1 saturated heterocycles. The number of rotatable bonds is 6. The highest BCUT2D eigenvalue weighted by molar-refractivity contribution is 5.81. The Kier molecular flexibility index (Phi) is 5.46. The van der Waals surface area contributed by atoms with Gasteiger partial charge in [0.15, 0.2) is 0 Å². The van der Waals surface area contributed by atoms with Gasteiger partial charge < -0.3 is 10.4 Å². The van der Waals surface area contributed by atoms with Crippen LogP contribution in [0, 0.1) is 6.92 Å². The number of β-amino-alcohol motifs (C(OH)–C–C–N with tert-alkyl or cyclic N) is 1. The van der Waals surface area contributed by atoms with Crippen molar-refractivity contribution in [2.75, 3.05) is 32.7 Å². The smallest absolute Gasteiger partial charge is 0.237 e. The minimum atomic E-state index is -0.856. The van der Waals surface area contributed by atoms with E-state index in [1.54, 1.807) is 0 Å². The molecule has 1 aromatic rings. The minimum absolute atomic E-state index is 0.0691. The molecule has 1 aromatic carbocycles. The van der Waals surface area contributed by atoms with Crippen molar-refractivity contribution in [2.45, 2.75) is 51.3 Å². The number of aliphatic hydroxyl groups is 1. The van der Waals surface area contributed by atoms with E-state index < -0.39 is 5.60 Å². The summed E-state index contributed by atoms with van der Waals surface area (Å²) in [7, 11) is 0. The van der Waals surface area contributed by atoms with Crippen molar-refractivity contribution >= 4 is 5.91 Å². The average Bonchev–Trinajstić information content (AvgIpc) is 3.39. The summed E-state index contributed by atoms with van der Waals surface area (Å²) in [5.74, 6) is 0.155.